The maximum Gasteiger partial charge on any atom is 0.414 e. The number of carbonyl (C=O) groups excluding carboxylic acids is 1. The molecule has 0 saturated carbocycles. The van der Waals surface area contributed by atoms with Gasteiger partial charge in [0.1, 0.15) is 0 Å². The summed E-state index contributed by atoms with van der Waals surface area (Å²) in [5.74, 6) is -5.09. The van der Waals surface area contributed by atoms with Crippen LogP contribution in [0.15, 0.2) is 12.1 Å². The van der Waals surface area contributed by atoms with Gasteiger partial charge in [-0.3, -0.25) is 14.6 Å². The van der Waals surface area contributed by atoms with Crippen LogP contribution in [0.25, 0.3) is 0 Å². The van der Waals surface area contributed by atoms with Gasteiger partial charge in [0.2, 0.25) is 11.7 Å². The Kier molecular flexibility index (Phi) is 14.8. The molecule has 0 unspecified atom stereocenters. The highest BCUT2D eigenvalue weighted by molar-refractivity contribution is 6.27. The molecule has 1 aromatic carbocycles. The van der Waals surface area contributed by atoms with Crippen molar-refractivity contribution in [1.29, 1.82) is 0 Å². The van der Waals surface area contributed by atoms with E-state index < -0.39 is 23.9 Å². The quantitative estimate of drug-likeness (QED) is 0.288. The molecule has 224 valence electrons. The largest absolute Gasteiger partial charge is 0.493 e. The third-order valence-electron chi connectivity index (χ3n) is 5.73. The molecule has 2 fully saturated rings. The van der Waals surface area contributed by atoms with E-state index in [1.54, 1.807) is 21.3 Å². The summed E-state index contributed by atoms with van der Waals surface area (Å²) < 4.78 is 21.7. The summed E-state index contributed by atoms with van der Waals surface area (Å²) in [4.78, 5) is 55.3. The van der Waals surface area contributed by atoms with Crippen LogP contribution in [0.5, 0.6) is 17.2 Å². The van der Waals surface area contributed by atoms with Crippen LogP contribution in [-0.4, -0.2) is 145 Å². The molecule has 0 bridgehead atoms. The minimum absolute atomic E-state index is 0.207. The lowest BCUT2D eigenvalue weighted by molar-refractivity contribution is -0.159. The number of benzene rings is 1. The Hall–Kier alpha value is -4.15. The van der Waals surface area contributed by atoms with Crippen LogP contribution in [0.3, 0.4) is 0 Å². The number of hydrogen-bond acceptors (Lipinski definition) is 11. The number of carbonyl (C=O) groups is 5. The predicted molar refractivity (Wildman–Crippen MR) is 136 cm³/mol. The van der Waals surface area contributed by atoms with Crippen molar-refractivity contribution in [1.82, 2.24) is 14.7 Å². The van der Waals surface area contributed by atoms with Crippen molar-refractivity contribution in [3.05, 3.63) is 17.7 Å². The molecule has 1 aromatic rings. The van der Waals surface area contributed by atoms with Crippen molar-refractivity contribution in [3.8, 4) is 17.2 Å². The Morgan fingerprint density at radius 3 is 1.60 bits per heavy atom. The topological polar surface area (TPSA) is 213 Å². The van der Waals surface area contributed by atoms with Crippen LogP contribution in [-0.2, 0) is 35.3 Å². The summed E-state index contributed by atoms with van der Waals surface area (Å²) in [6.45, 7) is 7.55. The standard InChI is InChI=1S/C20H31N3O5.2C2H2O4/c1-25-17-5-4-16(19(26-2)20(17)27-3)14-21-6-8-22(9-7-21)15-18(24)23-10-12-28-13-11-23;2*3-1(4)2(5)6/h4-5H,6-15H2,1-3H3;2*(H,3,4)(H,5,6). The Morgan fingerprint density at radius 2 is 1.18 bits per heavy atom. The molecular formula is C24H35N3O13. The molecule has 2 saturated heterocycles. The first-order chi connectivity index (χ1) is 18.9. The highest BCUT2D eigenvalue weighted by Crippen LogP contribution is 2.40. The summed E-state index contributed by atoms with van der Waals surface area (Å²) in [7, 11) is 4.89. The van der Waals surface area contributed by atoms with E-state index in [2.05, 4.69) is 9.80 Å². The molecule has 2 aliphatic rings. The molecule has 0 aromatic heterocycles. The van der Waals surface area contributed by atoms with Crippen molar-refractivity contribution >= 4 is 29.8 Å². The van der Waals surface area contributed by atoms with Gasteiger partial charge >= 0.3 is 23.9 Å². The second-order valence-electron chi connectivity index (χ2n) is 8.26. The fourth-order valence-corrected chi connectivity index (χ4v) is 3.74. The van der Waals surface area contributed by atoms with Crippen molar-refractivity contribution < 1.29 is 63.3 Å². The van der Waals surface area contributed by atoms with Crippen molar-refractivity contribution in [2.45, 2.75) is 6.54 Å². The normalized spacial score (nSPS) is 15.3. The van der Waals surface area contributed by atoms with Gasteiger partial charge in [0.25, 0.3) is 0 Å². The lowest BCUT2D eigenvalue weighted by Gasteiger charge is -2.36. The maximum absolute atomic E-state index is 12.4. The summed E-state index contributed by atoms with van der Waals surface area (Å²) in [5, 5.41) is 29.6. The number of hydrogen-bond donors (Lipinski definition) is 4. The summed E-state index contributed by atoms with van der Waals surface area (Å²) in [6.07, 6.45) is 0. The summed E-state index contributed by atoms with van der Waals surface area (Å²) in [5.41, 5.74) is 1.07. The van der Waals surface area contributed by atoms with Crippen LogP contribution in [0.4, 0.5) is 0 Å². The second kappa shape index (κ2) is 17.4. The molecular weight excluding hydrogens is 538 g/mol. The molecule has 16 nitrogen and oxygen atoms in total. The Labute approximate surface area is 230 Å². The van der Waals surface area contributed by atoms with Gasteiger partial charge < -0.3 is 44.3 Å². The van der Waals surface area contributed by atoms with E-state index in [-0.39, 0.29) is 5.91 Å². The number of carboxylic acid groups (broad SMARTS) is 4. The maximum atomic E-state index is 12.4. The molecule has 0 spiro atoms. The zero-order valence-electron chi connectivity index (χ0n) is 22.5. The molecule has 4 N–H and O–H groups in total. The van der Waals surface area contributed by atoms with Crippen LogP contribution in [0, 0.1) is 0 Å². The lowest BCUT2D eigenvalue weighted by atomic mass is 10.1. The summed E-state index contributed by atoms with van der Waals surface area (Å²) in [6, 6.07) is 3.93. The number of nitrogens with zero attached hydrogens (tertiary/aromatic N) is 3. The van der Waals surface area contributed by atoms with Crippen molar-refractivity contribution in [3.63, 3.8) is 0 Å². The number of piperazine rings is 1. The zero-order chi connectivity index (χ0) is 30.2. The molecule has 0 aliphatic carbocycles. The number of ether oxygens (including phenoxy) is 4. The van der Waals surface area contributed by atoms with E-state index >= 15 is 0 Å². The molecule has 3 rings (SSSR count). The van der Waals surface area contributed by atoms with Crippen LogP contribution in [0.1, 0.15) is 5.56 Å². The first-order valence-electron chi connectivity index (χ1n) is 12.0. The third kappa shape index (κ3) is 11.3. The Morgan fingerprint density at radius 1 is 0.700 bits per heavy atom. The summed E-state index contributed by atoms with van der Waals surface area (Å²) >= 11 is 0. The van der Waals surface area contributed by atoms with Gasteiger partial charge in [0.15, 0.2) is 11.5 Å². The average Bonchev–Trinajstić information content (AvgIpc) is 2.94. The van der Waals surface area contributed by atoms with Gasteiger partial charge in [0.05, 0.1) is 41.1 Å². The van der Waals surface area contributed by atoms with Gasteiger partial charge in [-0.25, -0.2) is 19.2 Å². The van der Waals surface area contributed by atoms with E-state index in [1.807, 2.05) is 17.0 Å². The highest BCUT2D eigenvalue weighted by atomic mass is 16.5. The SMILES string of the molecule is COc1ccc(CN2CCN(CC(=O)N3CCOCC3)CC2)c(OC)c1OC.O=C(O)C(=O)O.O=C(O)C(=O)O. The molecule has 16 heteroatoms. The molecule has 0 radical (unpaired) electrons. The van der Waals surface area contributed by atoms with E-state index in [1.165, 1.54) is 0 Å². The fraction of sp³-hybridized carbons (Fsp3) is 0.542. The number of aliphatic carboxylic acids is 4. The number of methoxy groups -OCH3 is 3. The molecule has 0 atom stereocenters. The first-order valence-corrected chi connectivity index (χ1v) is 12.0. The number of morpholine rings is 1. The zero-order valence-corrected chi connectivity index (χ0v) is 22.5. The Balaban J connectivity index is 0.000000559. The van der Waals surface area contributed by atoms with Crippen molar-refractivity contribution in [2.75, 3.05) is 80.4 Å². The van der Waals surface area contributed by atoms with Gasteiger partial charge in [-0.1, -0.05) is 6.07 Å². The lowest BCUT2D eigenvalue weighted by Crippen LogP contribution is -2.51. The molecule has 1 amide bonds. The van der Waals surface area contributed by atoms with Gasteiger partial charge in [-0.05, 0) is 6.07 Å². The number of amides is 1. The smallest absolute Gasteiger partial charge is 0.414 e. The second-order valence-corrected chi connectivity index (χ2v) is 8.26. The first kappa shape index (κ1) is 33.9. The van der Waals surface area contributed by atoms with E-state index in [0.717, 1.165) is 38.3 Å². The van der Waals surface area contributed by atoms with Gasteiger partial charge in [-0.2, -0.15) is 0 Å². The predicted octanol–water partition coefficient (Wildman–Crippen LogP) is -1.000. The molecule has 2 heterocycles. The van der Waals surface area contributed by atoms with Crippen LogP contribution < -0.4 is 14.2 Å². The third-order valence-corrected chi connectivity index (χ3v) is 5.73. The minimum atomic E-state index is -1.82. The minimum Gasteiger partial charge on any atom is -0.493 e. The van der Waals surface area contributed by atoms with Gasteiger partial charge in [0, 0.05) is 51.4 Å². The van der Waals surface area contributed by atoms with E-state index in [4.69, 9.17) is 58.6 Å². The Bertz CT molecular complexity index is 972. The van der Waals surface area contributed by atoms with Crippen molar-refractivity contribution in [2.24, 2.45) is 0 Å². The number of carboxylic acids is 4. The average molecular weight is 574 g/mol. The highest BCUT2D eigenvalue weighted by Gasteiger charge is 2.24. The van der Waals surface area contributed by atoms with Gasteiger partial charge in [-0.15, -0.1) is 0 Å². The van der Waals surface area contributed by atoms with Crippen LogP contribution in [0.2, 0.25) is 0 Å². The fourth-order valence-electron chi connectivity index (χ4n) is 3.74. The van der Waals surface area contributed by atoms with E-state index in [0.29, 0.717) is 50.1 Å². The monoisotopic (exact) mass is 573 g/mol. The van der Waals surface area contributed by atoms with E-state index in [9.17, 15) is 4.79 Å². The molecule has 40 heavy (non-hydrogen) atoms. The number of rotatable bonds is 7. The molecule has 2 aliphatic heterocycles. The van der Waals surface area contributed by atoms with Crippen LogP contribution >= 0.6 is 0 Å².